The second-order valence-electron chi connectivity index (χ2n) is 9.39. The van der Waals surface area contributed by atoms with E-state index >= 15 is 0 Å². The molecule has 0 bridgehead atoms. The summed E-state index contributed by atoms with van der Waals surface area (Å²) in [6.07, 6.45) is -1.36. The van der Waals surface area contributed by atoms with Crippen LogP contribution in [0.5, 0.6) is 0 Å². The summed E-state index contributed by atoms with van der Waals surface area (Å²) in [5.41, 5.74) is 0.530. The quantitative estimate of drug-likeness (QED) is 0.408. The van der Waals surface area contributed by atoms with E-state index in [9.17, 15) is 27.9 Å². The largest absolute Gasteiger partial charge is 0.416 e. The number of carbonyl (C=O) groups is 2. The summed E-state index contributed by atoms with van der Waals surface area (Å²) in [5, 5.41) is 17.2. The van der Waals surface area contributed by atoms with Gasteiger partial charge in [-0.05, 0) is 53.2 Å². The van der Waals surface area contributed by atoms with Crippen molar-refractivity contribution in [3.63, 3.8) is 0 Å². The van der Waals surface area contributed by atoms with E-state index in [4.69, 9.17) is 11.6 Å². The molecule has 0 spiro atoms. The minimum Gasteiger partial charge on any atom is -0.395 e. The predicted molar refractivity (Wildman–Crippen MR) is 143 cm³/mol. The van der Waals surface area contributed by atoms with Crippen molar-refractivity contribution in [3.05, 3.63) is 69.2 Å². The molecule has 3 heterocycles. The van der Waals surface area contributed by atoms with E-state index in [1.54, 1.807) is 30.5 Å². The van der Waals surface area contributed by atoms with Crippen LogP contribution in [0.4, 0.5) is 18.0 Å². The van der Waals surface area contributed by atoms with Crippen LogP contribution in [0.25, 0.3) is 17.0 Å². The highest BCUT2D eigenvalue weighted by atomic mass is 35.5. The lowest BCUT2D eigenvalue weighted by Gasteiger charge is -2.33. The number of hydrogen-bond acceptors (Lipinski definition) is 7. The molecule has 2 aliphatic heterocycles. The Kier molecular flexibility index (Phi) is 8.01. The molecule has 1 aromatic heterocycles. The van der Waals surface area contributed by atoms with E-state index in [-0.39, 0.29) is 47.5 Å². The van der Waals surface area contributed by atoms with Crippen molar-refractivity contribution in [2.24, 2.45) is 0 Å². The Morgan fingerprint density at radius 3 is 2.77 bits per heavy atom. The number of halogens is 4. The first-order valence-electron chi connectivity index (χ1n) is 12.3. The van der Waals surface area contributed by atoms with Crippen molar-refractivity contribution in [3.8, 4) is 0 Å². The first kappa shape index (κ1) is 27.7. The number of hydrogen-bond donors (Lipinski definition) is 2. The molecule has 3 aromatic rings. The number of alkyl halides is 3. The lowest BCUT2D eigenvalue weighted by Crippen LogP contribution is -2.53. The number of benzene rings is 2. The van der Waals surface area contributed by atoms with E-state index in [2.05, 4.69) is 15.3 Å². The van der Waals surface area contributed by atoms with Gasteiger partial charge in [-0.25, -0.2) is 0 Å². The number of fused-ring (bicyclic) bond motifs is 1. The third kappa shape index (κ3) is 6.15. The first-order valence-corrected chi connectivity index (χ1v) is 13.4. The van der Waals surface area contributed by atoms with Crippen LogP contribution in [-0.2, 0) is 17.5 Å². The van der Waals surface area contributed by atoms with Gasteiger partial charge in [0.2, 0.25) is 0 Å². The maximum absolute atomic E-state index is 13.5. The molecule has 0 aliphatic carbocycles. The molecule has 2 fully saturated rings. The molecule has 2 N–H and O–H groups in total. The SMILES string of the molecule is O=C1SC(=Cc2ccc3c(cnn3Cc3ccc(Cl)cc3C(F)(F)F)c2)C(=O)N1CCN1CCN[C@@H](CO)C1. The van der Waals surface area contributed by atoms with Gasteiger partial charge in [0.1, 0.15) is 0 Å². The molecular weight excluding hydrogens is 555 g/mol. The van der Waals surface area contributed by atoms with Crippen LogP contribution >= 0.6 is 23.4 Å². The lowest BCUT2D eigenvalue weighted by atomic mass is 10.1. The summed E-state index contributed by atoms with van der Waals surface area (Å²) in [5.74, 6) is -0.364. The average Bonchev–Trinajstić information content (AvgIpc) is 3.42. The maximum Gasteiger partial charge on any atom is 0.416 e. The molecule has 2 saturated heterocycles. The second-order valence-corrected chi connectivity index (χ2v) is 10.8. The highest BCUT2D eigenvalue weighted by molar-refractivity contribution is 8.18. The van der Waals surface area contributed by atoms with E-state index in [1.807, 2.05) is 0 Å². The van der Waals surface area contributed by atoms with E-state index in [0.29, 0.717) is 34.5 Å². The summed E-state index contributed by atoms with van der Waals surface area (Å²) in [7, 11) is 0. The molecule has 2 amide bonds. The normalized spacial score (nSPS) is 20.1. The van der Waals surface area contributed by atoms with Gasteiger partial charge in [-0.2, -0.15) is 18.3 Å². The molecular formula is C26H25ClF3N5O3S. The fraction of sp³-hybridized carbons (Fsp3) is 0.346. The van der Waals surface area contributed by atoms with E-state index in [0.717, 1.165) is 30.9 Å². The lowest BCUT2D eigenvalue weighted by molar-refractivity contribution is -0.138. The number of aliphatic hydroxyl groups excluding tert-OH is 1. The standard InChI is InChI=1S/C26H25ClF3N5O3S/c27-19-3-2-17(21(11-19)26(28,29)30)13-35-22-4-1-16(9-18(22)12-32-35)10-23-24(37)34(25(38)39-23)8-7-33-6-5-31-20(14-33)15-36/h1-4,9-12,20,31,36H,5-8,13-15H2/t20-/m1/s1. The first-order chi connectivity index (χ1) is 18.6. The number of amides is 2. The van der Waals surface area contributed by atoms with E-state index < -0.39 is 11.7 Å². The Morgan fingerprint density at radius 1 is 1.18 bits per heavy atom. The number of carbonyl (C=O) groups excluding carboxylic acids is 2. The van der Waals surface area contributed by atoms with Gasteiger partial charge in [0, 0.05) is 49.2 Å². The fourth-order valence-electron chi connectivity index (χ4n) is 4.74. The Morgan fingerprint density at radius 2 is 2.00 bits per heavy atom. The van der Waals surface area contributed by atoms with Crippen LogP contribution in [0.1, 0.15) is 16.7 Å². The molecule has 5 rings (SSSR count). The van der Waals surface area contributed by atoms with Gasteiger partial charge in [-0.3, -0.25) is 24.1 Å². The third-order valence-corrected chi connectivity index (χ3v) is 7.88. The van der Waals surface area contributed by atoms with Crippen LogP contribution < -0.4 is 5.32 Å². The summed E-state index contributed by atoms with van der Waals surface area (Å²) in [6, 6.07) is 8.87. The van der Waals surface area contributed by atoms with Crippen molar-refractivity contribution in [2.45, 2.75) is 18.8 Å². The number of imide groups is 1. The molecule has 1 atom stereocenters. The molecule has 0 radical (unpaired) electrons. The Labute approximate surface area is 231 Å². The topological polar surface area (TPSA) is 90.7 Å². The van der Waals surface area contributed by atoms with Crippen molar-refractivity contribution in [1.82, 2.24) is 24.9 Å². The molecule has 0 unspecified atom stereocenters. The number of piperazine rings is 1. The summed E-state index contributed by atoms with van der Waals surface area (Å²) in [6.45, 7) is 2.86. The van der Waals surface area contributed by atoms with Crippen LogP contribution in [0.2, 0.25) is 5.02 Å². The number of aliphatic hydroxyl groups is 1. The summed E-state index contributed by atoms with van der Waals surface area (Å²) < 4.78 is 42.0. The molecule has 13 heteroatoms. The van der Waals surface area contributed by atoms with E-state index in [1.165, 1.54) is 21.7 Å². The molecule has 206 valence electrons. The van der Waals surface area contributed by atoms with Crippen molar-refractivity contribution in [2.75, 3.05) is 39.3 Å². The van der Waals surface area contributed by atoms with Gasteiger partial charge in [0.15, 0.2) is 0 Å². The van der Waals surface area contributed by atoms with Crippen molar-refractivity contribution < 1.29 is 27.9 Å². The Balaban J connectivity index is 1.29. The minimum absolute atomic E-state index is 0.00425. The summed E-state index contributed by atoms with van der Waals surface area (Å²) >= 11 is 6.66. The number of thioether (sulfide) groups is 1. The zero-order valence-electron chi connectivity index (χ0n) is 20.6. The Bertz CT molecular complexity index is 1440. The average molecular weight is 580 g/mol. The van der Waals surface area contributed by atoms with Gasteiger partial charge >= 0.3 is 6.18 Å². The van der Waals surface area contributed by atoms with Gasteiger partial charge in [0.25, 0.3) is 11.1 Å². The van der Waals surface area contributed by atoms with Gasteiger partial charge in [-0.1, -0.05) is 23.7 Å². The van der Waals surface area contributed by atoms with Gasteiger partial charge in [0.05, 0.1) is 35.3 Å². The maximum atomic E-state index is 13.5. The monoisotopic (exact) mass is 579 g/mol. The minimum atomic E-state index is -4.55. The number of rotatable bonds is 7. The molecule has 2 aliphatic rings. The molecule has 2 aromatic carbocycles. The molecule has 8 nitrogen and oxygen atoms in total. The van der Waals surface area contributed by atoms with Crippen LogP contribution in [-0.4, -0.2) is 81.2 Å². The van der Waals surface area contributed by atoms with Crippen LogP contribution in [0, 0.1) is 0 Å². The smallest absolute Gasteiger partial charge is 0.395 e. The van der Waals surface area contributed by atoms with Crippen molar-refractivity contribution >= 4 is 51.5 Å². The van der Waals surface area contributed by atoms with Crippen molar-refractivity contribution in [1.29, 1.82) is 0 Å². The highest BCUT2D eigenvalue weighted by Crippen LogP contribution is 2.35. The van der Waals surface area contributed by atoms with Crippen LogP contribution in [0.15, 0.2) is 47.5 Å². The molecule has 0 saturated carbocycles. The zero-order chi connectivity index (χ0) is 27.7. The molecule has 39 heavy (non-hydrogen) atoms. The zero-order valence-corrected chi connectivity index (χ0v) is 22.2. The number of nitrogens with one attached hydrogen (secondary N) is 1. The fourth-order valence-corrected chi connectivity index (χ4v) is 5.78. The van der Waals surface area contributed by atoms with Gasteiger partial charge < -0.3 is 10.4 Å². The second kappa shape index (κ2) is 11.3. The predicted octanol–water partition coefficient (Wildman–Crippen LogP) is 4.06. The van der Waals surface area contributed by atoms with Gasteiger partial charge in [-0.15, -0.1) is 0 Å². The number of aromatic nitrogens is 2. The summed E-state index contributed by atoms with van der Waals surface area (Å²) in [4.78, 5) is 29.1. The number of nitrogens with zero attached hydrogens (tertiary/aromatic N) is 4. The van der Waals surface area contributed by atoms with Crippen LogP contribution in [0.3, 0.4) is 0 Å². The highest BCUT2D eigenvalue weighted by Gasteiger charge is 2.36. The Hall–Kier alpha value is -2.90. The third-order valence-electron chi connectivity index (χ3n) is 6.73.